The van der Waals surface area contributed by atoms with Crippen LogP contribution in [0.1, 0.15) is 19.5 Å². The van der Waals surface area contributed by atoms with Gasteiger partial charge in [0.05, 0.1) is 24.7 Å². The number of ether oxygens (including phenoxy) is 1. The highest BCUT2D eigenvalue weighted by Gasteiger charge is 2.37. The molecule has 6 nitrogen and oxygen atoms in total. The number of nitrogens with zero attached hydrogens (tertiary/aromatic N) is 3. The van der Waals surface area contributed by atoms with Crippen LogP contribution in [0.5, 0.6) is 0 Å². The van der Waals surface area contributed by atoms with Gasteiger partial charge in [-0.2, -0.15) is 13.2 Å². The first-order valence-electron chi connectivity index (χ1n) is 7.15. The summed E-state index contributed by atoms with van der Waals surface area (Å²) in [6.45, 7) is 3.60. The number of pyridine rings is 1. The summed E-state index contributed by atoms with van der Waals surface area (Å²) in [7, 11) is 0. The third kappa shape index (κ3) is 5.10. The summed E-state index contributed by atoms with van der Waals surface area (Å²) in [6.07, 6.45) is -3.11. The summed E-state index contributed by atoms with van der Waals surface area (Å²) in [5.41, 5.74) is -2.06. The summed E-state index contributed by atoms with van der Waals surface area (Å²) in [5, 5.41) is 1.97. The zero-order valence-corrected chi connectivity index (χ0v) is 13.3. The molecule has 2 aromatic rings. The zero-order chi connectivity index (χ0) is 18.6. The molecular weight excluding hydrogens is 344 g/mol. The van der Waals surface area contributed by atoms with Crippen LogP contribution >= 0.6 is 0 Å². The van der Waals surface area contributed by atoms with Crippen LogP contribution in [0.2, 0.25) is 0 Å². The molecule has 0 bridgehead atoms. The van der Waals surface area contributed by atoms with Crippen LogP contribution in [0, 0.1) is 11.7 Å². The van der Waals surface area contributed by atoms with Gasteiger partial charge in [-0.3, -0.25) is 10.3 Å². The molecule has 25 heavy (non-hydrogen) atoms. The molecule has 0 aliphatic carbocycles. The molecule has 2 heterocycles. The predicted molar refractivity (Wildman–Crippen MR) is 80.0 cm³/mol. The van der Waals surface area contributed by atoms with E-state index in [-0.39, 0.29) is 23.9 Å². The Labute approximate surface area is 140 Å². The number of rotatable bonds is 4. The average molecular weight is 358 g/mol. The van der Waals surface area contributed by atoms with E-state index in [1.807, 2.05) is 5.32 Å². The van der Waals surface area contributed by atoms with Gasteiger partial charge in [-0.15, -0.1) is 0 Å². The maximum absolute atomic E-state index is 13.2. The number of nitrogens with one attached hydrogen (secondary N) is 1. The van der Waals surface area contributed by atoms with Crippen LogP contribution < -0.4 is 5.32 Å². The Balaban J connectivity index is 2.33. The molecule has 0 aliphatic rings. The maximum atomic E-state index is 13.2. The molecule has 0 saturated carbocycles. The molecule has 2 aromatic heterocycles. The van der Waals surface area contributed by atoms with E-state index in [4.69, 9.17) is 4.74 Å². The van der Waals surface area contributed by atoms with Crippen LogP contribution in [0.25, 0.3) is 11.4 Å². The Kier molecular flexibility index (Phi) is 5.50. The Morgan fingerprint density at radius 1 is 1.28 bits per heavy atom. The lowest BCUT2D eigenvalue weighted by Crippen LogP contribution is -2.21. The molecule has 0 aliphatic heterocycles. The first kappa shape index (κ1) is 18.6. The molecule has 2 rings (SSSR count). The summed E-state index contributed by atoms with van der Waals surface area (Å²) in [4.78, 5) is 22.2. The molecule has 0 saturated heterocycles. The molecule has 0 atom stereocenters. The molecule has 0 spiro atoms. The van der Waals surface area contributed by atoms with Gasteiger partial charge < -0.3 is 4.74 Å². The van der Waals surface area contributed by atoms with Gasteiger partial charge >= 0.3 is 12.3 Å². The number of carbonyl (C=O) groups excluding carboxylic acids is 1. The van der Waals surface area contributed by atoms with Crippen LogP contribution in [0.4, 0.5) is 28.0 Å². The van der Waals surface area contributed by atoms with Crippen LogP contribution in [-0.4, -0.2) is 27.7 Å². The lowest BCUT2D eigenvalue weighted by molar-refractivity contribution is -0.140. The molecule has 1 amide bonds. The van der Waals surface area contributed by atoms with Crippen LogP contribution in [0.15, 0.2) is 24.7 Å². The van der Waals surface area contributed by atoms with Crippen molar-refractivity contribution >= 4 is 11.8 Å². The first-order valence-corrected chi connectivity index (χ1v) is 7.15. The lowest BCUT2D eigenvalue weighted by atomic mass is 10.2. The topological polar surface area (TPSA) is 77.0 Å². The number of halogens is 4. The Bertz CT molecular complexity index is 765. The molecule has 0 radical (unpaired) electrons. The van der Waals surface area contributed by atoms with Gasteiger partial charge in [-0.25, -0.2) is 19.2 Å². The maximum Gasteiger partial charge on any atom is 0.435 e. The van der Waals surface area contributed by atoms with Gasteiger partial charge in [-0.1, -0.05) is 13.8 Å². The highest BCUT2D eigenvalue weighted by Crippen LogP contribution is 2.34. The van der Waals surface area contributed by atoms with Crippen molar-refractivity contribution in [3.63, 3.8) is 0 Å². The van der Waals surface area contributed by atoms with Gasteiger partial charge in [0.15, 0.2) is 11.5 Å². The highest BCUT2D eigenvalue weighted by molar-refractivity contribution is 5.85. The van der Waals surface area contributed by atoms with E-state index in [0.29, 0.717) is 0 Å². The van der Waals surface area contributed by atoms with E-state index in [1.54, 1.807) is 13.8 Å². The van der Waals surface area contributed by atoms with Crippen LogP contribution in [0.3, 0.4) is 0 Å². The molecule has 1 N–H and O–H groups in total. The van der Waals surface area contributed by atoms with Crippen molar-refractivity contribution in [2.45, 2.75) is 20.0 Å². The van der Waals surface area contributed by atoms with Crippen molar-refractivity contribution in [1.82, 2.24) is 15.0 Å². The number of carbonyl (C=O) groups is 1. The van der Waals surface area contributed by atoms with Gasteiger partial charge in [0.1, 0.15) is 5.82 Å². The van der Waals surface area contributed by atoms with Gasteiger partial charge in [-0.05, 0) is 12.0 Å². The molecule has 0 fully saturated rings. The van der Waals surface area contributed by atoms with E-state index in [2.05, 4.69) is 15.0 Å². The second-order valence-electron chi connectivity index (χ2n) is 5.46. The van der Waals surface area contributed by atoms with E-state index in [0.717, 1.165) is 24.7 Å². The molecule has 134 valence electrons. The second kappa shape index (κ2) is 7.41. The van der Waals surface area contributed by atoms with Crippen molar-refractivity contribution < 1.29 is 27.1 Å². The summed E-state index contributed by atoms with van der Waals surface area (Å²) in [6, 6.07) is 0.951. The van der Waals surface area contributed by atoms with E-state index < -0.39 is 29.5 Å². The smallest absolute Gasteiger partial charge is 0.435 e. The fourth-order valence-electron chi connectivity index (χ4n) is 1.75. The standard InChI is InChI=1S/C15H14F4N4O2/c1-8(2)7-25-14(24)22-11-6-21-13(23-12(11)15(17,18)19)9-3-10(16)5-20-4-9/h3-6,8H,7H2,1-2H3,(H,22,24). The summed E-state index contributed by atoms with van der Waals surface area (Å²) >= 11 is 0. The Morgan fingerprint density at radius 3 is 2.60 bits per heavy atom. The number of alkyl halides is 3. The monoisotopic (exact) mass is 358 g/mol. The van der Waals surface area contributed by atoms with Crippen molar-refractivity contribution in [2.75, 3.05) is 11.9 Å². The summed E-state index contributed by atoms with van der Waals surface area (Å²) in [5.74, 6) is -1.10. The minimum absolute atomic E-state index is 0.0203. The number of anilines is 1. The van der Waals surface area contributed by atoms with Crippen molar-refractivity contribution in [3.05, 3.63) is 36.2 Å². The number of aromatic nitrogens is 3. The average Bonchev–Trinajstić information content (AvgIpc) is 2.52. The molecule has 0 unspecified atom stereocenters. The number of amides is 1. The number of hydrogen-bond donors (Lipinski definition) is 1. The van der Waals surface area contributed by atoms with E-state index in [1.165, 1.54) is 0 Å². The third-order valence-electron chi connectivity index (χ3n) is 2.80. The van der Waals surface area contributed by atoms with Crippen LogP contribution in [-0.2, 0) is 10.9 Å². The van der Waals surface area contributed by atoms with E-state index in [9.17, 15) is 22.4 Å². The normalized spacial score (nSPS) is 11.5. The summed E-state index contributed by atoms with van der Waals surface area (Å²) < 4.78 is 57.6. The molecular formula is C15H14F4N4O2. The van der Waals surface area contributed by atoms with Gasteiger partial charge in [0.25, 0.3) is 0 Å². The SMILES string of the molecule is CC(C)COC(=O)Nc1cnc(-c2cncc(F)c2)nc1C(F)(F)F. The van der Waals surface area contributed by atoms with Crippen molar-refractivity contribution in [3.8, 4) is 11.4 Å². The Hall–Kier alpha value is -2.78. The minimum atomic E-state index is -4.86. The number of hydrogen-bond acceptors (Lipinski definition) is 5. The second-order valence-corrected chi connectivity index (χ2v) is 5.46. The Morgan fingerprint density at radius 2 is 2.00 bits per heavy atom. The minimum Gasteiger partial charge on any atom is -0.449 e. The van der Waals surface area contributed by atoms with E-state index >= 15 is 0 Å². The predicted octanol–water partition coefficient (Wildman–Crippen LogP) is 3.90. The largest absolute Gasteiger partial charge is 0.449 e. The first-order chi connectivity index (χ1) is 11.7. The zero-order valence-electron chi connectivity index (χ0n) is 13.3. The van der Waals surface area contributed by atoms with Crippen molar-refractivity contribution in [1.29, 1.82) is 0 Å². The van der Waals surface area contributed by atoms with Crippen molar-refractivity contribution in [2.24, 2.45) is 5.92 Å². The fraction of sp³-hybridized carbons (Fsp3) is 0.333. The van der Waals surface area contributed by atoms with Gasteiger partial charge in [0, 0.05) is 11.8 Å². The fourth-order valence-corrected chi connectivity index (χ4v) is 1.75. The third-order valence-corrected chi connectivity index (χ3v) is 2.80. The molecule has 0 aromatic carbocycles. The highest BCUT2D eigenvalue weighted by atomic mass is 19.4. The lowest BCUT2D eigenvalue weighted by Gasteiger charge is -2.14. The molecule has 10 heteroatoms. The quantitative estimate of drug-likeness (QED) is 0.839. The van der Waals surface area contributed by atoms with Gasteiger partial charge in [0.2, 0.25) is 0 Å².